The predicted octanol–water partition coefficient (Wildman–Crippen LogP) is 0.840. The van der Waals surface area contributed by atoms with Crippen molar-refractivity contribution < 1.29 is 19.3 Å². The van der Waals surface area contributed by atoms with E-state index in [1.54, 1.807) is 6.92 Å². The Morgan fingerprint density at radius 3 is 2.67 bits per heavy atom. The van der Waals surface area contributed by atoms with E-state index >= 15 is 0 Å². The smallest absolute Gasteiger partial charge is 0.196 e. The maximum absolute atomic E-state index is 13.3. The molecule has 1 unspecified atom stereocenters. The molecule has 0 aliphatic carbocycles. The van der Waals surface area contributed by atoms with Gasteiger partial charge in [-0.2, -0.15) is 0 Å². The highest BCUT2D eigenvalue weighted by atomic mass is 19.1. The van der Waals surface area contributed by atoms with Crippen molar-refractivity contribution in [1.82, 2.24) is 0 Å². The molecule has 0 aliphatic rings. The van der Waals surface area contributed by atoms with Crippen molar-refractivity contribution in [3.63, 3.8) is 0 Å². The van der Waals surface area contributed by atoms with Crippen LogP contribution in [0.5, 0.6) is 11.5 Å². The maximum atomic E-state index is 13.3. The summed E-state index contributed by atoms with van der Waals surface area (Å²) < 4.78 is 18.0. The number of methoxy groups -OCH3 is 1. The quantitative estimate of drug-likeness (QED) is 0.698. The summed E-state index contributed by atoms with van der Waals surface area (Å²) in [7, 11) is 1.24. The molecule has 0 aromatic heterocycles. The molecule has 5 heteroatoms. The van der Waals surface area contributed by atoms with Crippen molar-refractivity contribution in [2.75, 3.05) is 13.7 Å². The molecular weight excluding hydrogens is 201 g/mol. The monoisotopic (exact) mass is 215 g/mol. The van der Waals surface area contributed by atoms with Crippen molar-refractivity contribution in [1.29, 1.82) is 0 Å². The van der Waals surface area contributed by atoms with E-state index < -0.39 is 17.7 Å². The van der Waals surface area contributed by atoms with Gasteiger partial charge in [0.2, 0.25) is 0 Å². The van der Waals surface area contributed by atoms with E-state index in [9.17, 15) is 14.6 Å². The van der Waals surface area contributed by atoms with E-state index in [4.69, 9.17) is 5.73 Å². The first-order chi connectivity index (χ1) is 7.02. The highest BCUT2D eigenvalue weighted by molar-refractivity contribution is 5.51. The molecule has 84 valence electrons. The van der Waals surface area contributed by atoms with Gasteiger partial charge >= 0.3 is 0 Å². The van der Waals surface area contributed by atoms with Gasteiger partial charge in [-0.25, -0.2) is 4.39 Å². The van der Waals surface area contributed by atoms with Gasteiger partial charge in [-0.3, -0.25) is 0 Å². The Bertz CT molecular complexity index is 368. The van der Waals surface area contributed by atoms with Gasteiger partial charge < -0.3 is 20.7 Å². The van der Waals surface area contributed by atoms with E-state index in [0.29, 0.717) is 5.56 Å². The summed E-state index contributed by atoms with van der Waals surface area (Å²) >= 11 is 0. The molecular formula is C10H14FNO3. The topological polar surface area (TPSA) is 75.7 Å². The van der Waals surface area contributed by atoms with Crippen LogP contribution in [0.15, 0.2) is 6.07 Å². The standard InChI is InChI=1S/C10H14FNO3/c1-5-3-6(11)10(15-2)9(14)8(5)7(13)4-12/h3,7,13-14H,4,12H2,1-2H3. The first kappa shape index (κ1) is 11.7. The molecule has 1 rings (SSSR count). The summed E-state index contributed by atoms with van der Waals surface area (Å²) in [5.41, 5.74) is 5.91. The van der Waals surface area contributed by atoms with Gasteiger partial charge in [-0.05, 0) is 18.6 Å². The summed E-state index contributed by atoms with van der Waals surface area (Å²) in [5, 5.41) is 19.2. The Balaban J connectivity index is 3.38. The van der Waals surface area contributed by atoms with Crippen LogP contribution in [0.4, 0.5) is 4.39 Å². The fraction of sp³-hybridized carbons (Fsp3) is 0.400. The second-order valence-electron chi connectivity index (χ2n) is 3.22. The van der Waals surface area contributed by atoms with E-state index in [2.05, 4.69) is 4.74 Å². The number of hydrogen-bond donors (Lipinski definition) is 3. The first-order valence-electron chi connectivity index (χ1n) is 4.47. The third-order valence-electron chi connectivity index (χ3n) is 2.22. The minimum atomic E-state index is -1.03. The SMILES string of the molecule is COc1c(F)cc(C)c(C(O)CN)c1O. The number of aliphatic hydroxyl groups excluding tert-OH is 1. The van der Waals surface area contributed by atoms with Gasteiger partial charge in [0.1, 0.15) is 0 Å². The largest absolute Gasteiger partial charge is 0.504 e. The Hall–Kier alpha value is -1.33. The van der Waals surface area contributed by atoms with Crippen LogP contribution in [0.25, 0.3) is 0 Å². The van der Waals surface area contributed by atoms with Crippen LogP contribution >= 0.6 is 0 Å². The summed E-state index contributed by atoms with van der Waals surface area (Å²) in [6.07, 6.45) is -1.03. The van der Waals surface area contributed by atoms with Gasteiger partial charge in [0, 0.05) is 12.1 Å². The van der Waals surface area contributed by atoms with Crippen LogP contribution in [-0.2, 0) is 0 Å². The molecule has 4 nitrogen and oxygen atoms in total. The molecule has 15 heavy (non-hydrogen) atoms. The third-order valence-corrected chi connectivity index (χ3v) is 2.22. The van der Waals surface area contributed by atoms with Crippen LogP contribution in [0.2, 0.25) is 0 Å². The normalized spacial score (nSPS) is 12.6. The minimum Gasteiger partial charge on any atom is -0.504 e. The molecule has 0 radical (unpaired) electrons. The fourth-order valence-corrected chi connectivity index (χ4v) is 1.49. The predicted molar refractivity (Wildman–Crippen MR) is 53.4 cm³/mol. The first-order valence-corrected chi connectivity index (χ1v) is 4.47. The van der Waals surface area contributed by atoms with E-state index in [1.165, 1.54) is 13.2 Å². The molecule has 0 spiro atoms. The van der Waals surface area contributed by atoms with Crippen LogP contribution in [0.3, 0.4) is 0 Å². The number of rotatable bonds is 3. The van der Waals surface area contributed by atoms with Gasteiger partial charge in [0.05, 0.1) is 13.2 Å². The molecule has 0 bridgehead atoms. The molecule has 1 aromatic carbocycles. The number of hydrogen-bond acceptors (Lipinski definition) is 4. The summed E-state index contributed by atoms with van der Waals surface area (Å²) in [5.74, 6) is -1.34. The zero-order chi connectivity index (χ0) is 11.6. The van der Waals surface area contributed by atoms with Crippen molar-refractivity contribution in [2.24, 2.45) is 5.73 Å². The lowest BCUT2D eigenvalue weighted by atomic mass is 10.0. The van der Waals surface area contributed by atoms with Gasteiger partial charge in [0.15, 0.2) is 17.3 Å². The van der Waals surface area contributed by atoms with Crippen molar-refractivity contribution in [3.8, 4) is 11.5 Å². The summed E-state index contributed by atoms with van der Waals surface area (Å²) in [6, 6.07) is 1.19. The number of aromatic hydroxyl groups is 1. The molecule has 0 fully saturated rings. The fourth-order valence-electron chi connectivity index (χ4n) is 1.49. The molecule has 0 amide bonds. The Kier molecular flexibility index (Phi) is 3.49. The second kappa shape index (κ2) is 4.46. The lowest BCUT2D eigenvalue weighted by Crippen LogP contribution is -2.13. The minimum absolute atomic E-state index is 0.0524. The summed E-state index contributed by atoms with van der Waals surface area (Å²) in [6.45, 7) is 1.53. The van der Waals surface area contributed by atoms with Crippen LogP contribution in [-0.4, -0.2) is 23.9 Å². The molecule has 4 N–H and O–H groups in total. The number of aryl methyl sites for hydroxylation is 1. The van der Waals surface area contributed by atoms with Crippen molar-refractivity contribution >= 4 is 0 Å². The molecule has 1 atom stereocenters. The molecule has 0 saturated heterocycles. The number of ether oxygens (including phenoxy) is 1. The lowest BCUT2D eigenvalue weighted by molar-refractivity contribution is 0.180. The Morgan fingerprint density at radius 2 is 2.20 bits per heavy atom. The van der Waals surface area contributed by atoms with Gasteiger partial charge in [-0.15, -0.1) is 0 Å². The number of halogens is 1. The zero-order valence-corrected chi connectivity index (χ0v) is 8.62. The van der Waals surface area contributed by atoms with Crippen LogP contribution in [0, 0.1) is 12.7 Å². The highest BCUT2D eigenvalue weighted by Gasteiger charge is 2.20. The van der Waals surface area contributed by atoms with Gasteiger partial charge in [-0.1, -0.05) is 0 Å². The van der Waals surface area contributed by atoms with E-state index in [-0.39, 0.29) is 17.9 Å². The van der Waals surface area contributed by atoms with Crippen LogP contribution in [0.1, 0.15) is 17.2 Å². The maximum Gasteiger partial charge on any atom is 0.196 e. The van der Waals surface area contributed by atoms with E-state index in [1.807, 2.05) is 0 Å². The zero-order valence-electron chi connectivity index (χ0n) is 8.62. The number of phenolic OH excluding ortho intramolecular Hbond substituents is 1. The third kappa shape index (κ3) is 2.03. The number of nitrogens with two attached hydrogens (primary N) is 1. The average Bonchev–Trinajstić information content (AvgIpc) is 2.17. The van der Waals surface area contributed by atoms with Gasteiger partial charge in [0.25, 0.3) is 0 Å². The Morgan fingerprint density at radius 1 is 1.60 bits per heavy atom. The molecule has 1 aromatic rings. The molecule has 0 aliphatic heterocycles. The lowest BCUT2D eigenvalue weighted by Gasteiger charge is -2.16. The summed E-state index contributed by atoms with van der Waals surface area (Å²) in [4.78, 5) is 0. The number of phenols is 1. The molecule has 0 heterocycles. The van der Waals surface area contributed by atoms with Crippen molar-refractivity contribution in [3.05, 3.63) is 23.0 Å². The Labute approximate surface area is 87.1 Å². The van der Waals surface area contributed by atoms with Crippen molar-refractivity contribution in [2.45, 2.75) is 13.0 Å². The average molecular weight is 215 g/mol. The molecule has 0 saturated carbocycles. The number of benzene rings is 1. The van der Waals surface area contributed by atoms with Crippen LogP contribution < -0.4 is 10.5 Å². The highest BCUT2D eigenvalue weighted by Crippen LogP contribution is 2.38. The second-order valence-corrected chi connectivity index (χ2v) is 3.22. The van der Waals surface area contributed by atoms with E-state index in [0.717, 1.165) is 0 Å². The number of aliphatic hydroxyl groups is 1.